The maximum absolute atomic E-state index is 14.1. The van der Waals surface area contributed by atoms with Crippen LogP contribution in [-0.2, 0) is 0 Å². The number of aliphatic hydroxyl groups is 1. The smallest absolute Gasteiger partial charge is 0.149 e. The Morgan fingerprint density at radius 1 is 1.30 bits per heavy atom. The fourth-order valence-corrected chi connectivity index (χ4v) is 2.42. The van der Waals surface area contributed by atoms with Crippen molar-refractivity contribution in [3.8, 4) is 5.75 Å². The van der Waals surface area contributed by atoms with Crippen LogP contribution in [0.3, 0.4) is 0 Å². The fraction of sp³-hybridized carbons (Fsp3) is 0.200. The first kappa shape index (κ1) is 15.3. The number of hydrogen-bond donors (Lipinski definition) is 1. The van der Waals surface area contributed by atoms with Crippen LogP contribution in [0.4, 0.5) is 4.39 Å². The molecule has 1 N–H and O–H groups in total. The summed E-state index contributed by atoms with van der Waals surface area (Å²) in [6.07, 6.45) is -1.10. The molecule has 0 aromatic heterocycles. The summed E-state index contributed by atoms with van der Waals surface area (Å²) in [4.78, 5) is 0. The number of rotatable bonds is 3. The molecule has 106 valence electrons. The van der Waals surface area contributed by atoms with E-state index in [9.17, 15) is 9.50 Å². The molecule has 0 amide bonds. The maximum Gasteiger partial charge on any atom is 0.149 e. The van der Waals surface area contributed by atoms with Crippen molar-refractivity contribution in [3.05, 3.63) is 62.3 Å². The largest absolute Gasteiger partial charge is 0.496 e. The standard InChI is InChI=1S/C15H13BrClFO2/c1-8-3-4-9(7-12(8)20-2)15(19)10-5-6-11(16)13(17)14(10)18/h3-7,15,19H,1-2H3. The first-order valence-electron chi connectivity index (χ1n) is 5.91. The van der Waals surface area contributed by atoms with E-state index in [0.29, 0.717) is 15.8 Å². The molecule has 0 fully saturated rings. The van der Waals surface area contributed by atoms with Crippen molar-refractivity contribution < 1.29 is 14.2 Å². The molecule has 20 heavy (non-hydrogen) atoms. The van der Waals surface area contributed by atoms with Crippen molar-refractivity contribution in [1.29, 1.82) is 0 Å². The van der Waals surface area contributed by atoms with Gasteiger partial charge in [0.15, 0.2) is 0 Å². The quantitative estimate of drug-likeness (QED) is 0.809. The molecule has 0 aliphatic heterocycles. The van der Waals surface area contributed by atoms with Crippen LogP contribution in [0.15, 0.2) is 34.8 Å². The molecule has 1 atom stereocenters. The number of aliphatic hydroxyl groups excluding tert-OH is 1. The van der Waals surface area contributed by atoms with Gasteiger partial charge in [-0.15, -0.1) is 0 Å². The number of benzene rings is 2. The van der Waals surface area contributed by atoms with Crippen LogP contribution >= 0.6 is 27.5 Å². The lowest BCUT2D eigenvalue weighted by Gasteiger charge is -2.15. The van der Waals surface area contributed by atoms with Gasteiger partial charge in [0.05, 0.1) is 12.1 Å². The van der Waals surface area contributed by atoms with Gasteiger partial charge in [-0.3, -0.25) is 0 Å². The van der Waals surface area contributed by atoms with Gasteiger partial charge in [0.25, 0.3) is 0 Å². The van der Waals surface area contributed by atoms with E-state index < -0.39 is 11.9 Å². The van der Waals surface area contributed by atoms with Crippen LogP contribution in [0.2, 0.25) is 5.02 Å². The minimum Gasteiger partial charge on any atom is -0.496 e. The molecule has 0 aliphatic rings. The fourth-order valence-electron chi connectivity index (χ4n) is 1.94. The van der Waals surface area contributed by atoms with Crippen molar-refractivity contribution >= 4 is 27.5 Å². The summed E-state index contributed by atoms with van der Waals surface area (Å²) >= 11 is 8.98. The van der Waals surface area contributed by atoms with Gasteiger partial charge in [0.1, 0.15) is 17.7 Å². The summed E-state index contributed by atoms with van der Waals surface area (Å²) in [6, 6.07) is 8.35. The molecule has 0 aliphatic carbocycles. The van der Waals surface area contributed by atoms with E-state index in [1.807, 2.05) is 13.0 Å². The van der Waals surface area contributed by atoms with Gasteiger partial charge in [-0.25, -0.2) is 4.39 Å². The summed E-state index contributed by atoms with van der Waals surface area (Å²) in [5, 5.41) is 10.3. The molecule has 2 aromatic carbocycles. The van der Waals surface area contributed by atoms with Crippen molar-refractivity contribution in [3.63, 3.8) is 0 Å². The molecule has 5 heteroatoms. The normalized spacial score (nSPS) is 12.3. The molecule has 0 saturated carbocycles. The number of methoxy groups -OCH3 is 1. The minimum absolute atomic E-state index is 0.0411. The van der Waals surface area contributed by atoms with Crippen LogP contribution in [0, 0.1) is 12.7 Å². The average molecular weight is 360 g/mol. The molecule has 1 unspecified atom stereocenters. The van der Waals surface area contributed by atoms with E-state index in [2.05, 4.69) is 15.9 Å². The second kappa shape index (κ2) is 6.12. The predicted molar refractivity (Wildman–Crippen MR) is 80.9 cm³/mol. The number of hydrogen-bond acceptors (Lipinski definition) is 2. The Hall–Kier alpha value is -1.10. The van der Waals surface area contributed by atoms with Crippen LogP contribution in [0.25, 0.3) is 0 Å². The van der Waals surface area contributed by atoms with Gasteiger partial charge in [-0.2, -0.15) is 0 Å². The van der Waals surface area contributed by atoms with Gasteiger partial charge >= 0.3 is 0 Å². The highest BCUT2D eigenvalue weighted by molar-refractivity contribution is 9.10. The Morgan fingerprint density at radius 3 is 2.65 bits per heavy atom. The highest BCUT2D eigenvalue weighted by Crippen LogP contribution is 2.34. The molecular formula is C15H13BrClFO2. The summed E-state index contributed by atoms with van der Waals surface area (Å²) in [6.45, 7) is 1.89. The second-order valence-electron chi connectivity index (χ2n) is 4.40. The summed E-state index contributed by atoms with van der Waals surface area (Å²) < 4.78 is 19.8. The summed E-state index contributed by atoms with van der Waals surface area (Å²) in [7, 11) is 1.55. The van der Waals surface area contributed by atoms with Crippen LogP contribution in [0.5, 0.6) is 5.75 Å². The Balaban J connectivity index is 2.46. The van der Waals surface area contributed by atoms with Gasteiger partial charge in [0.2, 0.25) is 0 Å². The molecule has 0 saturated heterocycles. The van der Waals surface area contributed by atoms with E-state index >= 15 is 0 Å². The molecule has 2 rings (SSSR count). The molecule has 0 bridgehead atoms. The molecule has 2 nitrogen and oxygen atoms in total. The van der Waals surface area contributed by atoms with Gasteiger partial charge in [-0.1, -0.05) is 29.8 Å². The van der Waals surface area contributed by atoms with Crippen molar-refractivity contribution in [2.24, 2.45) is 0 Å². The lowest BCUT2D eigenvalue weighted by atomic mass is 9.99. The number of halogens is 3. The minimum atomic E-state index is -1.10. The van der Waals surface area contributed by atoms with Crippen molar-refractivity contribution in [2.45, 2.75) is 13.0 Å². The van der Waals surface area contributed by atoms with E-state index in [1.54, 1.807) is 25.3 Å². The summed E-state index contributed by atoms with van der Waals surface area (Å²) in [5.74, 6) is 0.0123. The SMILES string of the molecule is COc1cc(C(O)c2ccc(Br)c(Cl)c2F)ccc1C. The topological polar surface area (TPSA) is 29.5 Å². The third kappa shape index (κ3) is 2.82. The molecule has 0 spiro atoms. The third-order valence-electron chi connectivity index (χ3n) is 3.11. The average Bonchev–Trinajstić information content (AvgIpc) is 2.45. The first-order chi connectivity index (χ1) is 9.45. The Bertz CT molecular complexity index is 646. The lowest BCUT2D eigenvalue weighted by Crippen LogP contribution is -2.04. The zero-order chi connectivity index (χ0) is 14.9. The molecule has 0 heterocycles. The van der Waals surface area contributed by atoms with E-state index in [1.165, 1.54) is 6.07 Å². The van der Waals surface area contributed by atoms with Crippen LogP contribution in [0.1, 0.15) is 22.8 Å². The molecule has 2 aromatic rings. The van der Waals surface area contributed by atoms with E-state index in [4.69, 9.17) is 16.3 Å². The highest BCUT2D eigenvalue weighted by atomic mass is 79.9. The Kier molecular flexibility index (Phi) is 4.68. The predicted octanol–water partition coefficient (Wildman–Crippen LogP) is 4.64. The Morgan fingerprint density at radius 2 is 2.00 bits per heavy atom. The molecular weight excluding hydrogens is 347 g/mol. The van der Waals surface area contributed by atoms with Crippen molar-refractivity contribution in [1.82, 2.24) is 0 Å². The van der Waals surface area contributed by atoms with Crippen LogP contribution < -0.4 is 4.74 Å². The van der Waals surface area contributed by atoms with E-state index in [0.717, 1.165) is 5.56 Å². The zero-order valence-corrected chi connectivity index (χ0v) is 13.3. The van der Waals surface area contributed by atoms with E-state index in [-0.39, 0.29) is 10.6 Å². The summed E-state index contributed by atoms with van der Waals surface area (Å²) in [5.41, 5.74) is 1.62. The maximum atomic E-state index is 14.1. The number of aryl methyl sites for hydroxylation is 1. The van der Waals surface area contributed by atoms with Gasteiger partial charge in [-0.05, 0) is 46.1 Å². The number of ether oxygens (including phenoxy) is 1. The van der Waals surface area contributed by atoms with Gasteiger partial charge in [0, 0.05) is 10.0 Å². The van der Waals surface area contributed by atoms with Gasteiger partial charge < -0.3 is 9.84 Å². The zero-order valence-electron chi connectivity index (χ0n) is 11.0. The Labute approximate surface area is 130 Å². The third-order valence-corrected chi connectivity index (χ3v) is 4.37. The second-order valence-corrected chi connectivity index (χ2v) is 5.63. The van der Waals surface area contributed by atoms with Crippen LogP contribution in [-0.4, -0.2) is 12.2 Å². The monoisotopic (exact) mass is 358 g/mol. The first-order valence-corrected chi connectivity index (χ1v) is 7.08. The lowest BCUT2D eigenvalue weighted by molar-refractivity contribution is 0.214. The highest BCUT2D eigenvalue weighted by Gasteiger charge is 2.19. The van der Waals surface area contributed by atoms with Crippen molar-refractivity contribution in [2.75, 3.05) is 7.11 Å². The molecule has 0 radical (unpaired) electrons.